The topological polar surface area (TPSA) is 524 Å². The number of aliphatic carboxylic acids is 3. The quantitative estimate of drug-likeness (QED) is 0.0276. The molecule has 12 amide bonds. The van der Waals surface area contributed by atoms with Gasteiger partial charge in [-0.3, -0.25) is 76.7 Å². The van der Waals surface area contributed by atoms with Crippen molar-refractivity contribution in [3.8, 4) is 5.75 Å². The van der Waals surface area contributed by atoms with Crippen molar-refractivity contribution < 1.29 is 102 Å². The number of nitrogens with one attached hydrogen (secondary N) is 10. The number of phenolic OH excluding ortho intramolecular Hbond substituents is 1. The molecule has 1 fully saturated rings. The van der Waals surface area contributed by atoms with E-state index in [1.54, 1.807) is 34.6 Å². The molecule has 17 N–H and O–H groups in total. The Morgan fingerprint density at radius 3 is 1.62 bits per heavy atom. The molecule has 0 aliphatic carbocycles. The Hall–Kier alpha value is -9.30. The number of amides is 12. The normalized spacial score (nSPS) is 15.5. The molecule has 9 atom stereocenters. The molecule has 1 heterocycles. The molecule has 0 radical (unpaired) electrons. The zero-order valence-electron chi connectivity index (χ0n) is 48.4. The molecule has 0 saturated carbocycles. The minimum Gasteiger partial charge on any atom is -0.508 e. The Morgan fingerprint density at radius 1 is 0.581 bits per heavy atom. The van der Waals surface area contributed by atoms with E-state index in [0.717, 1.165) is 6.92 Å². The SMILES string of the molecule is CCC[C@@H](NC(=O)[C@@H]1CCCN1C(=O)[C@@H](NC(=O)[C@@H](NC(=O)[C@H](CCC(=O)O)NC(=O)[C@H](CCC(=O)O)NC(C)=O)C(C)C)C(C)C)C(=O)C(=O)NCC(=O)NCC(=O)N[C@@H](CC(=O)O)C(=O)N[C@@H](Cc1ccc(O)cc1)C(=O)N[C@@H](CO)C(N)=O. The Balaban J connectivity index is 2.14. The number of ketones is 1. The number of Topliss-reactive ketones (excluding diaryl/α,β-unsaturated/α-hetero) is 1. The molecule has 0 bridgehead atoms. The van der Waals surface area contributed by atoms with E-state index < -0.39 is 206 Å². The van der Waals surface area contributed by atoms with Crippen LogP contribution in [0, 0.1) is 11.8 Å². The third-order valence-corrected chi connectivity index (χ3v) is 13.1. The lowest BCUT2D eigenvalue weighted by molar-refractivity contribution is -0.144. The summed E-state index contributed by atoms with van der Waals surface area (Å²) in [4.78, 5) is 207. The molecule has 1 aliphatic heterocycles. The van der Waals surface area contributed by atoms with E-state index in [9.17, 15) is 97.1 Å². The number of nitrogens with two attached hydrogens (primary N) is 1. The molecule has 2 rings (SSSR count). The Morgan fingerprint density at radius 2 is 1.09 bits per heavy atom. The predicted molar refractivity (Wildman–Crippen MR) is 296 cm³/mol. The molecule has 0 aromatic heterocycles. The van der Waals surface area contributed by atoms with E-state index in [1.807, 2.05) is 0 Å². The zero-order chi connectivity index (χ0) is 65.1. The second-order valence-electron chi connectivity index (χ2n) is 20.8. The molecule has 86 heavy (non-hydrogen) atoms. The van der Waals surface area contributed by atoms with Crippen LogP contribution in [-0.4, -0.2) is 206 Å². The Kier molecular flexibility index (Phi) is 30.3. The van der Waals surface area contributed by atoms with Gasteiger partial charge >= 0.3 is 17.9 Å². The number of aromatic hydroxyl groups is 1. The zero-order valence-corrected chi connectivity index (χ0v) is 48.4. The maximum atomic E-state index is 14.3. The number of hydrogen-bond donors (Lipinski definition) is 16. The molecule has 1 aliphatic rings. The number of hydrogen-bond acceptors (Lipinski definition) is 18. The van der Waals surface area contributed by atoms with E-state index in [2.05, 4.69) is 53.2 Å². The minimum atomic E-state index is -1.88. The fourth-order valence-electron chi connectivity index (χ4n) is 8.55. The number of rotatable bonds is 37. The summed E-state index contributed by atoms with van der Waals surface area (Å²) < 4.78 is 0. The first kappa shape index (κ1) is 72.8. The van der Waals surface area contributed by atoms with Gasteiger partial charge < -0.3 is 89.3 Å². The third kappa shape index (κ3) is 24.9. The van der Waals surface area contributed by atoms with Crippen molar-refractivity contribution in [1.29, 1.82) is 0 Å². The number of nitrogens with zero attached hydrogens (tertiary/aromatic N) is 1. The number of aliphatic hydroxyl groups is 1. The third-order valence-electron chi connectivity index (χ3n) is 13.1. The fraction of sp³-hybridized carbons (Fsp3) is 0.585. The van der Waals surface area contributed by atoms with Gasteiger partial charge in [-0.05, 0) is 61.6 Å². The number of carbonyl (C=O) groups is 16. The maximum absolute atomic E-state index is 14.3. The van der Waals surface area contributed by atoms with E-state index in [1.165, 1.54) is 29.2 Å². The average molecular weight is 1220 g/mol. The summed E-state index contributed by atoms with van der Waals surface area (Å²) >= 11 is 0. The van der Waals surface area contributed by atoms with Crippen molar-refractivity contribution in [3.05, 3.63) is 29.8 Å². The van der Waals surface area contributed by atoms with Gasteiger partial charge in [-0.2, -0.15) is 0 Å². The van der Waals surface area contributed by atoms with Crippen LogP contribution in [0.1, 0.15) is 105 Å². The number of carbonyl (C=O) groups excluding carboxylic acids is 13. The van der Waals surface area contributed by atoms with Gasteiger partial charge in [-0.15, -0.1) is 0 Å². The van der Waals surface area contributed by atoms with Crippen LogP contribution in [0.2, 0.25) is 0 Å². The highest BCUT2D eigenvalue weighted by molar-refractivity contribution is 6.38. The average Bonchev–Trinajstić information content (AvgIpc) is 4.16. The minimum absolute atomic E-state index is 0.0120. The molecule has 476 valence electrons. The van der Waals surface area contributed by atoms with Crippen LogP contribution in [0.25, 0.3) is 0 Å². The summed E-state index contributed by atoms with van der Waals surface area (Å²) in [5, 5.41) is 70.1. The van der Waals surface area contributed by atoms with Crippen molar-refractivity contribution in [1.82, 2.24) is 58.1 Å². The van der Waals surface area contributed by atoms with E-state index in [-0.39, 0.29) is 50.8 Å². The van der Waals surface area contributed by atoms with E-state index >= 15 is 0 Å². The van der Waals surface area contributed by atoms with Crippen molar-refractivity contribution in [2.75, 3.05) is 26.2 Å². The van der Waals surface area contributed by atoms with Gasteiger partial charge in [0.05, 0.1) is 32.2 Å². The molecule has 33 heteroatoms. The highest BCUT2D eigenvalue weighted by atomic mass is 16.4. The molecule has 33 nitrogen and oxygen atoms in total. The summed E-state index contributed by atoms with van der Waals surface area (Å²) in [7, 11) is 0. The highest BCUT2D eigenvalue weighted by Gasteiger charge is 2.42. The van der Waals surface area contributed by atoms with Crippen LogP contribution in [-0.2, 0) is 83.1 Å². The van der Waals surface area contributed by atoms with Crippen LogP contribution in [0.3, 0.4) is 0 Å². The Bertz CT molecular complexity index is 2670. The molecule has 1 aromatic carbocycles. The van der Waals surface area contributed by atoms with E-state index in [0.29, 0.717) is 5.56 Å². The monoisotopic (exact) mass is 1220 g/mol. The van der Waals surface area contributed by atoms with Gasteiger partial charge in [-0.25, -0.2) is 0 Å². The van der Waals surface area contributed by atoms with Gasteiger partial charge in [-0.1, -0.05) is 53.2 Å². The second kappa shape index (κ2) is 35.8. The van der Waals surface area contributed by atoms with Crippen LogP contribution in [0.4, 0.5) is 0 Å². The number of aliphatic hydroxyl groups excluding tert-OH is 1. The standard InChI is InChI=1S/C53H78N12O21/c1-7-9-30(44(77)52(85)56-22-37(69)55-23-38(70)58-34(21-41(75)76)49(82)61-33(20-28-11-13-29(68)14-12-28)48(81)62-35(24-66)45(54)78)59-50(83)36-10-8-19-65(36)53(86)43(26(4)5)64-51(84)42(25(2)3)63-47(80)32(16-18-40(73)74)60-46(79)31(57-27(6)67)15-17-39(71)72/h11-14,25-26,30-36,42-43,66,68H,7-10,15-24H2,1-6H3,(H2,54,78)(H,55,69)(H,56,85)(H,57,67)(H,58,70)(H,59,83)(H,60,79)(H,61,82)(H,62,81)(H,63,80)(H,64,84)(H,71,72)(H,73,74)(H,75,76)/t30-,31+,32+,33+,34+,35+,36+,42+,43+/m1/s1. The maximum Gasteiger partial charge on any atom is 0.305 e. The van der Waals surface area contributed by atoms with Crippen LogP contribution in [0.15, 0.2) is 24.3 Å². The summed E-state index contributed by atoms with van der Waals surface area (Å²) in [5.74, 6) is -19.0. The number of benzene rings is 1. The van der Waals surface area contributed by atoms with Gasteiger partial charge in [0.15, 0.2) is 0 Å². The van der Waals surface area contributed by atoms with E-state index in [4.69, 9.17) is 10.8 Å². The highest BCUT2D eigenvalue weighted by Crippen LogP contribution is 2.22. The smallest absolute Gasteiger partial charge is 0.305 e. The van der Waals surface area contributed by atoms with Crippen molar-refractivity contribution in [2.45, 2.75) is 160 Å². The van der Waals surface area contributed by atoms with Crippen molar-refractivity contribution >= 4 is 94.6 Å². The first-order valence-electron chi connectivity index (χ1n) is 27.4. The van der Waals surface area contributed by atoms with Gasteiger partial charge in [0.1, 0.15) is 54.1 Å². The number of carboxylic acids is 3. The Labute approximate surface area is 493 Å². The lowest BCUT2D eigenvalue weighted by Gasteiger charge is -2.33. The van der Waals surface area contributed by atoms with Gasteiger partial charge in [0.25, 0.3) is 5.91 Å². The number of primary amides is 1. The fourth-order valence-corrected chi connectivity index (χ4v) is 8.55. The van der Waals surface area contributed by atoms with Gasteiger partial charge in [0.2, 0.25) is 70.8 Å². The van der Waals surface area contributed by atoms with Gasteiger partial charge in [0, 0.05) is 32.7 Å². The first-order valence-corrected chi connectivity index (χ1v) is 27.4. The number of carboxylic acid groups (broad SMARTS) is 3. The summed E-state index contributed by atoms with van der Waals surface area (Å²) in [6.07, 6.45) is -2.88. The first-order chi connectivity index (χ1) is 40.3. The summed E-state index contributed by atoms with van der Waals surface area (Å²) in [6, 6.07) is -8.19. The summed E-state index contributed by atoms with van der Waals surface area (Å²) in [6.45, 7) is 6.23. The number of phenols is 1. The molecule has 0 unspecified atom stereocenters. The summed E-state index contributed by atoms with van der Waals surface area (Å²) in [5.41, 5.74) is 5.55. The van der Waals surface area contributed by atoms with Crippen LogP contribution in [0.5, 0.6) is 5.75 Å². The lowest BCUT2D eigenvalue weighted by atomic mass is 9.98. The largest absolute Gasteiger partial charge is 0.508 e. The molecular weight excluding hydrogens is 1140 g/mol. The lowest BCUT2D eigenvalue weighted by Crippen LogP contribution is -2.61. The van der Waals surface area contributed by atoms with Crippen LogP contribution < -0.4 is 58.9 Å². The van der Waals surface area contributed by atoms with Crippen molar-refractivity contribution in [3.63, 3.8) is 0 Å². The molecule has 0 spiro atoms. The molecular formula is C53H78N12O21. The predicted octanol–water partition coefficient (Wildman–Crippen LogP) is -5.58. The molecule has 1 aromatic rings. The van der Waals surface area contributed by atoms with Crippen LogP contribution >= 0.6 is 0 Å². The number of likely N-dealkylation sites (tertiary alicyclic amines) is 1. The second-order valence-corrected chi connectivity index (χ2v) is 20.8. The molecule has 1 saturated heterocycles. The van der Waals surface area contributed by atoms with Crippen molar-refractivity contribution in [2.24, 2.45) is 17.6 Å².